The van der Waals surface area contributed by atoms with Crippen LogP contribution in [0.2, 0.25) is 5.02 Å². The highest BCUT2D eigenvalue weighted by atomic mass is 35.5. The molecule has 1 aromatic carbocycles. The van der Waals surface area contributed by atoms with E-state index in [-0.39, 0.29) is 11.4 Å². The highest BCUT2D eigenvalue weighted by molar-refractivity contribution is 7.89. The molecule has 7 heteroatoms. The fraction of sp³-hybridized carbons (Fsp3) is 0.308. The maximum Gasteiger partial charge on any atom is 0.244 e. The molecule has 0 bridgehead atoms. The monoisotopic (exact) mass is 313 g/mol. The number of nitrogens with one attached hydrogen (secondary N) is 1. The average molecular weight is 314 g/mol. The molecule has 2 rings (SSSR count). The molecule has 0 atom stereocenters. The second kappa shape index (κ2) is 5.95. The van der Waals surface area contributed by atoms with Gasteiger partial charge in [-0.3, -0.25) is 4.68 Å². The maximum absolute atomic E-state index is 12.2. The normalized spacial score (nSPS) is 11.8. The van der Waals surface area contributed by atoms with E-state index in [1.165, 1.54) is 0 Å². The predicted octanol–water partition coefficient (Wildman–Crippen LogP) is 2.34. The van der Waals surface area contributed by atoms with Gasteiger partial charge in [-0.2, -0.15) is 5.10 Å². The van der Waals surface area contributed by atoms with E-state index in [9.17, 15) is 8.42 Å². The number of hydrogen-bond acceptors (Lipinski definition) is 3. The number of hydrogen-bond donors (Lipinski definition) is 1. The number of benzene rings is 1. The lowest BCUT2D eigenvalue weighted by atomic mass is 10.2. The van der Waals surface area contributed by atoms with Gasteiger partial charge in [0.1, 0.15) is 4.90 Å². The Morgan fingerprint density at radius 3 is 2.50 bits per heavy atom. The van der Waals surface area contributed by atoms with Crippen LogP contribution in [0.25, 0.3) is 0 Å². The van der Waals surface area contributed by atoms with Gasteiger partial charge < -0.3 is 0 Å². The number of aryl methyl sites for hydroxylation is 2. The number of halogens is 1. The van der Waals surface area contributed by atoms with E-state index in [1.807, 2.05) is 6.92 Å². The first kappa shape index (κ1) is 15.0. The maximum atomic E-state index is 12.2. The molecule has 0 amide bonds. The molecule has 0 fully saturated rings. The quantitative estimate of drug-likeness (QED) is 0.921. The Bertz CT molecular complexity index is 693. The average Bonchev–Trinajstić information content (AvgIpc) is 2.80. The van der Waals surface area contributed by atoms with Crippen molar-refractivity contribution < 1.29 is 8.42 Å². The van der Waals surface area contributed by atoms with Crippen molar-refractivity contribution in [3.8, 4) is 0 Å². The second-order valence-corrected chi connectivity index (χ2v) is 6.56. The first-order valence-corrected chi connectivity index (χ1v) is 8.06. The first-order valence-electron chi connectivity index (χ1n) is 6.20. The Labute approximate surface area is 123 Å². The van der Waals surface area contributed by atoms with E-state index in [4.69, 9.17) is 11.6 Å². The zero-order valence-electron chi connectivity index (χ0n) is 11.3. The molecule has 5 nitrogen and oxygen atoms in total. The van der Waals surface area contributed by atoms with Crippen molar-refractivity contribution in [2.75, 3.05) is 0 Å². The molecule has 1 heterocycles. The van der Waals surface area contributed by atoms with Crippen LogP contribution >= 0.6 is 11.6 Å². The van der Waals surface area contributed by atoms with Gasteiger partial charge in [-0.1, -0.05) is 23.7 Å². The summed E-state index contributed by atoms with van der Waals surface area (Å²) in [5.41, 5.74) is 1.34. The summed E-state index contributed by atoms with van der Waals surface area (Å²) in [7, 11) is -3.55. The SMILES string of the molecule is CCn1cc(S(=O)(=O)NCc2ccc(Cl)cc2)c(C)n1. The predicted molar refractivity (Wildman–Crippen MR) is 78.1 cm³/mol. The highest BCUT2D eigenvalue weighted by Crippen LogP contribution is 2.14. The summed E-state index contributed by atoms with van der Waals surface area (Å²) in [6, 6.07) is 7.03. The smallest absolute Gasteiger partial charge is 0.244 e. The zero-order chi connectivity index (χ0) is 14.8. The van der Waals surface area contributed by atoms with E-state index in [0.717, 1.165) is 5.56 Å². The van der Waals surface area contributed by atoms with E-state index in [0.29, 0.717) is 17.3 Å². The Hall–Kier alpha value is -1.37. The molecule has 0 saturated carbocycles. The van der Waals surface area contributed by atoms with E-state index >= 15 is 0 Å². The zero-order valence-corrected chi connectivity index (χ0v) is 12.9. The number of sulfonamides is 1. The van der Waals surface area contributed by atoms with E-state index in [2.05, 4.69) is 9.82 Å². The third kappa shape index (κ3) is 3.39. The Kier molecular flexibility index (Phi) is 4.47. The third-order valence-electron chi connectivity index (χ3n) is 2.89. The van der Waals surface area contributed by atoms with Crippen molar-refractivity contribution in [1.82, 2.24) is 14.5 Å². The molecule has 1 aromatic heterocycles. The second-order valence-electron chi connectivity index (χ2n) is 4.39. The van der Waals surface area contributed by atoms with Gasteiger partial charge in [0.2, 0.25) is 10.0 Å². The van der Waals surface area contributed by atoms with Crippen LogP contribution in [0.5, 0.6) is 0 Å². The summed E-state index contributed by atoms with van der Waals surface area (Å²) in [5.74, 6) is 0. The summed E-state index contributed by atoms with van der Waals surface area (Å²) in [5, 5.41) is 4.76. The molecule has 0 spiro atoms. The number of aromatic nitrogens is 2. The molecular formula is C13H16ClN3O2S. The van der Waals surface area contributed by atoms with Crippen LogP contribution in [-0.4, -0.2) is 18.2 Å². The molecule has 0 aliphatic heterocycles. The molecular weight excluding hydrogens is 298 g/mol. The summed E-state index contributed by atoms with van der Waals surface area (Å²) >= 11 is 5.79. The third-order valence-corrected chi connectivity index (χ3v) is 4.65. The van der Waals surface area contributed by atoms with Crippen LogP contribution in [-0.2, 0) is 23.1 Å². The number of rotatable bonds is 5. The van der Waals surface area contributed by atoms with Crippen LogP contribution in [0.1, 0.15) is 18.2 Å². The summed E-state index contributed by atoms with van der Waals surface area (Å²) in [4.78, 5) is 0.216. The van der Waals surface area contributed by atoms with Gasteiger partial charge in [0.25, 0.3) is 0 Å². The van der Waals surface area contributed by atoms with Crippen molar-refractivity contribution in [3.05, 3.63) is 46.7 Å². The largest absolute Gasteiger partial charge is 0.271 e. The molecule has 20 heavy (non-hydrogen) atoms. The molecule has 0 aliphatic carbocycles. The van der Waals surface area contributed by atoms with Gasteiger partial charge in [-0.15, -0.1) is 0 Å². The van der Waals surface area contributed by atoms with Crippen LogP contribution < -0.4 is 4.72 Å². The van der Waals surface area contributed by atoms with Gasteiger partial charge in [0, 0.05) is 24.3 Å². The van der Waals surface area contributed by atoms with Gasteiger partial charge in [0.05, 0.1) is 5.69 Å². The summed E-state index contributed by atoms with van der Waals surface area (Å²) in [6.07, 6.45) is 1.54. The summed E-state index contributed by atoms with van der Waals surface area (Å²) in [6.45, 7) is 4.44. The Morgan fingerprint density at radius 1 is 1.30 bits per heavy atom. The molecule has 0 radical (unpaired) electrons. The molecule has 2 aromatic rings. The number of nitrogens with zero attached hydrogens (tertiary/aromatic N) is 2. The van der Waals surface area contributed by atoms with Crippen LogP contribution in [0.3, 0.4) is 0 Å². The van der Waals surface area contributed by atoms with Gasteiger partial charge in [-0.25, -0.2) is 13.1 Å². The lowest BCUT2D eigenvalue weighted by Crippen LogP contribution is -2.23. The Morgan fingerprint density at radius 2 is 1.95 bits per heavy atom. The van der Waals surface area contributed by atoms with Crippen LogP contribution in [0.4, 0.5) is 0 Å². The van der Waals surface area contributed by atoms with Gasteiger partial charge >= 0.3 is 0 Å². The van der Waals surface area contributed by atoms with Gasteiger partial charge in [-0.05, 0) is 31.5 Å². The molecule has 0 aliphatic rings. The molecule has 108 valence electrons. The standard InChI is InChI=1S/C13H16ClN3O2S/c1-3-17-9-13(10(2)16-17)20(18,19)15-8-11-4-6-12(14)7-5-11/h4-7,9,15H,3,8H2,1-2H3. The highest BCUT2D eigenvalue weighted by Gasteiger charge is 2.19. The van der Waals surface area contributed by atoms with Crippen molar-refractivity contribution >= 4 is 21.6 Å². The topological polar surface area (TPSA) is 64.0 Å². The molecule has 1 N–H and O–H groups in total. The van der Waals surface area contributed by atoms with Crippen molar-refractivity contribution in [1.29, 1.82) is 0 Å². The minimum atomic E-state index is -3.55. The van der Waals surface area contributed by atoms with Crippen molar-refractivity contribution in [2.24, 2.45) is 0 Å². The minimum absolute atomic E-state index is 0.216. The minimum Gasteiger partial charge on any atom is -0.271 e. The summed E-state index contributed by atoms with van der Waals surface area (Å²) < 4.78 is 28.6. The van der Waals surface area contributed by atoms with Crippen LogP contribution in [0.15, 0.2) is 35.4 Å². The first-order chi connectivity index (χ1) is 9.42. The molecule has 0 unspecified atom stereocenters. The fourth-order valence-corrected chi connectivity index (χ4v) is 3.11. The molecule has 0 saturated heterocycles. The van der Waals surface area contributed by atoms with Crippen molar-refractivity contribution in [2.45, 2.75) is 31.8 Å². The van der Waals surface area contributed by atoms with Crippen molar-refractivity contribution in [3.63, 3.8) is 0 Å². The van der Waals surface area contributed by atoms with E-state index in [1.54, 1.807) is 42.1 Å². The van der Waals surface area contributed by atoms with Gasteiger partial charge in [0.15, 0.2) is 0 Å². The lowest BCUT2D eigenvalue weighted by Gasteiger charge is -2.05. The van der Waals surface area contributed by atoms with Crippen LogP contribution in [0, 0.1) is 6.92 Å². The fourth-order valence-electron chi connectivity index (χ4n) is 1.78. The lowest BCUT2D eigenvalue weighted by molar-refractivity contribution is 0.580. The Balaban J connectivity index is 2.14. The van der Waals surface area contributed by atoms with E-state index < -0.39 is 10.0 Å².